The molecular weight excluding hydrogens is 368 g/mol. The molecule has 0 radical (unpaired) electrons. The van der Waals surface area contributed by atoms with E-state index < -0.39 is 0 Å². The van der Waals surface area contributed by atoms with Crippen molar-refractivity contribution in [1.82, 2.24) is 19.9 Å². The molecule has 3 heterocycles. The number of benzene rings is 2. The number of aromatic nitrogens is 3. The first-order valence-corrected chi connectivity index (χ1v) is 9.26. The van der Waals surface area contributed by atoms with Gasteiger partial charge in [0.1, 0.15) is 11.3 Å². The van der Waals surface area contributed by atoms with Crippen molar-refractivity contribution in [1.29, 1.82) is 0 Å². The number of imidazole rings is 1. The number of pyridine rings is 1. The Morgan fingerprint density at radius 3 is 2.93 bits per heavy atom. The van der Waals surface area contributed by atoms with Gasteiger partial charge in [-0.05, 0) is 55.0 Å². The smallest absolute Gasteiger partial charge is 0.251 e. The van der Waals surface area contributed by atoms with Crippen LogP contribution in [0.2, 0.25) is 0 Å². The van der Waals surface area contributed by atoms with E-state index in [0.717, 1.165) is 34.0 Å². The first kappa shape index (κ1) is 17.2. The van der Waals surface area contributed by atoms with E-state index in [-0.39, 0.29) is 12.7 Å². The number of hydrogen-bond donors (Lipinski definition) is 1. The zero-order chi connectivity index (χ0) is 19.8. The normalized spacial score (nSPS) is 12.3. The second kappa shape index (κ2) is 6.94. The Kier molecular flexibility index (Phi) is 4.13. The predicted molar refractivity (Wildman–Crippen MR) is 107 cm³/mol. The van der Waals surface area contributed by atoms with Gasteiger partial charge in [-0.2, -0.15) is 0 Å². The number of nitrogens with zero attached hydrogens (tertiary/aromatic N) is 3. The molecule has 29 heavy (non-hydrogen) atoms. The molecule has 144 valence electrons. The molecule has 0 unspecified atom stereocenters. The molecule has 0 spiro atoms. The van der Waals surface area contributed by atoms with Gasteiger partial charge in [0.25, 0.3) is 5.91 Å². The standard InChI is InChI=1S/C22H18N4O3/c1-14-25-18-6-3-9-23-21(18)26(14)17-5-2-4-16(11-17)22(27)24-12-15-7-8-19-20(10-15)29-13-28-19/h2-11H,12-13H2,1H3,(H,24,27). The van der Waals surface area contributed by atoms with E-state index in [1.54, 1.807) is 12.3 Å². The van der Waals surface area contributed by atoms with Gasteiger partial charge in [0.15, 0.2) is 17.1 Å². The van der Waals surface area contributed by atoms with Crippen molar-refractivity contribution < 1.29 is 14.3 Å². The van der Waals surface area contributed by atoms with Crippen molar-refractivity contribution in [3.63, 3.8) is 0 Å². The van der Waals surface area contributed by atoms with E-state index in [4.69, 9.17) is 9.47 Å². The number of carbonyl (C=O) groups excluding carboxylic acids is 1. The van der Waals surface area contributed by atoms with E-state index in [2.05, 4.69) is 15.3 Å². The molecule has 0 aliphatic carbocycles. The van der Waals surface area contributed by atoms with Gasteiger partial charge in [-0.25, -0.2) is 9.97 Å². The monoisotopic (exact) mass is 386 g/mol. The summed E-state index contributed by atoms with van der Waals surface area (Å²) in [6, 6.07) is 16.9. The molecule has 4 aromatic rings. The number of amides is 1. The van der Waals surface area contributed by atoms with E-state index in [1.165, 1.54) is 0 Å². The Hall–Kier alpha value is -3.87. The SMILES string of the molecule is Cc1nc2cccnc2n1-c1cccc(C(=O)NCc2ccc3c(c2)OCO3)c1. The fraction of sp³-hybridized carbons (Fsp3) is 0.136. The maximum Gasteiger partial charge on any atom is 0.251 e. The molecule has 7 heteroatoms. The molecule has 1 aliphatic heterocycles. The van der Waals surface area contributed by atoms with Crippen LogP contribution in [0.3, 0.4) is 0 Å². The first-order valence-electron chi connectivity index (χ1n) is 9.26. The van der Waals surface area contributed by atoms with Gasteiger partial charge in [-0.15, -0.1) is 0 Å². The summed E-state index contributed by atoms with van der Waals surface area (Å²) in [6.45, 7) is 2.55. The quantitative estimate of drug-likeness (QED) is 0.582. The predicted octanol–water partition coefficient (Wildman–Crippen LogP) is 3.39. The Morgan fingerprint density at radius 1 is 1.10 bits per heavy atom. The van der Waals surface area contributed by atoms with Crippen LogP contribution in [0.15, 0.2) is 60.8 Å². The number of rotatable bonds is 4. The Morgan fingerprint density at radius 2 is 2.00 bits per heavy atom. The van der Waals surface area contributed by atoms with Gasteiger partial charge in [0.05, 0.1) is 0 Å². The third-order valence-electron chi connectivity index (χ3n) is 4.84. The topological polar surface area (TPSA) is 78.3 Å². The van der Waals surface area contributed by atoms with Crippen LogP contribution in [0.5, 0.6) is 11.5 Å². The maximum absolute atomic E-state index is 12.7. The van der Waals surface area contributed by atoms with Crippen LogP contribution in [0.25, 0.3) is 16.9 Å². The summed E-state index contributed by atoms with van der Waals surface area (Å²) in [4.78, 5) is 21.7. The van der Waals surface area contributed by atoms with Gasteiger partial charge < -0.3 is 14.8 Å². The number of aryl methyl sites for hydroxylation is 1. The molecule has 0 atom stereocenters. The summed E-state index contributed by atoms with van der Waals surface area (Å²) in [5.74, 6) is 2.09. The van der Waals surface area contributed by atoms with Crippen molar-refractivity contribution in [3.8, 4) is 17.2 Å². The lowest BCUT2D eigenvalue weighted by Gasteiger charge is -2.10. The fourth-order valence-electron chi connectivity index (χ4n) is 3.46. The summed E-state index contributed by atoms with van der Waals surface area (Å²) < 4.78 is 12.6. The summed E-state index contributed by atoms with van der Waals surface area (Å²) >= 11 is 0. The van der Waals surface area contributed by atoms with Crippen molar-refractivity contribution in [2.75, 3.05) is 6.79 Å². The number of hydrogen-bond acceptors (Lipinski definition) is 5. The summed E-state index contributed by atoms with van der Waals surface area (Å²) in [7, 11) is 0. The third kappa shape index (κ3) is 3.16. The molecule has 0 bridgehead atoms. The van der Waals surface area contributed by atoms with Crippen LogP contribution in [0.4, 0.5) is 0 Å². The Bertz CT molecular complexity index is 1230. The zero-order valence-electron chi connectivity index (χ0n) is 15.8. The molecule has 0 fully saturated rings. The maximum atomic E-state index is 12.7. The number of fused-ring (bicyclic) bond motifs is 2. The lowest BCUT2D eigenvalue weighted by molar-refractivity contribution is 0.0950. The minimum Gasteiger partial charge on any atom is -0.454 e. The van der Waals surface area contributed by atoms with Crippen molar-refractivity contribution >= 4 is 17.1 Å². The second-order valence-corrected chi connectivity index (χ2v) is 6.76. The molecule has 2 aromatic heterocycles. The molecule has 2 aromatic carbocycles. The highest BCUT2D eigenvalue weighted by molar-refractivity contribution is 5.94. The van der Waals surface area contributed by atoms with Gasteiger partial charge in [-0.1, -0.05) is 12.1 Å². The van der Waals surface area contributed by atoms with Crippen LogP contribution in [-0.4, -0.2) is 27.2 Å². The number of ether oxygens (including phenoxy) is 2. The third-order valence-corrected chi connectivity index (χ3v) is 4.84. The van der Waals surface area contributed by atoms with E-state index in [0.29, 0.717) is 17.9 Å². The highest BCUT2D eigenvalue weighted by atomic mass is 16.7. The Balaban J connectivity index is 1.38. The highest BCUT2D eigenvalue weighted by Crippen LogP contribution is 2.32. The lowest BCUT2D eigenvalue weighted by Crippen LogP contribution is -2.22. The average molecular weight is 386 g/mol. The summed E-state index contributed by atoms with van der Waals surface area (Å²) in [5.41, 5.74) is 3.95. The van der Waals surface area contributed by atoms with E-state index >= 15 is 0 Å². The van der Waals surface area contributed by atoms with Crippen LogP contribution in [0.1, 0.15) is 21.7 Å². The van der Waals surface area contributed by atoms with Gasteiger partial charge in [0.2, 0.25) is 6.79 Å². The van der Waals surface area contributed by atoms with Gasteiger partial charge >= 0.3 is 0 Å². The van der Waals surface area contributed by atoms with E-state index in [1.807, 2.05) is 60.0 Å². The first-order chi connectivity index (χ1) is 14.2. The molecule has 5 rings (SSSR count). The molecule has 0 saturated carbocycles. The Labute approximate surface area is 166 Å². The molecule has 0 saturated heterocycles. The molecule has 1 N–H and O–H groups in total. The van der Waals surface area contributed by atoms with Gasteiger partial charge in [0, 0.05) is 24.0 Å². The zero-order valence-corrected chi connectivity index (χ0v) is 15.8. The van der Waals surface area contributed by atoms with Crippen LogP contribution in [-0.2, 0) is 6.54 Å². The molecule has 1 amide bonds. The summed E-state index contributed by atoms with van der Waals surface area (Å²) in [6.07, 6.45) is 1.74. The molecule has 1 aliphatic rings. The van der Waals surface area contributed by atoms with Gasteiger partial charge in [-0.3, -0.25) is 9.36 Å². The molecular formula is C22H18N4O3. The highest BCUT2D eigenvalue weighted by Gasteiger charge is 2.15. The minimum absolute atomic E-state index is 0.153. The van der Waals surface area contributed by atoms with Crippen LogP contribution in [0, 0.1) is 6.92 Å². The summed E-state index contributed by atoms with van der Waals surface area (Å²) in [5, 5.41) is 2.95. The second-order valence-electron chi connectivity index (χ2n) is 6.76. The van der Waals surface area contributed by atoms with Crippen LogP contribution < -0.4 is 14.8 Å². The number of nitrogens with one attached hydrogen (secondary N) is 1. The average Bonchev–Trinajstić information content (AvgIpc) is 3.34. The lowest BCUT2D eigenvalue weighted by atomic mass is 10.1. The van der Waals surface area contributed by atoms with Crippen LogP contribution >= 0.6 is 0 Å². The van der Waals surface area contributed by atoms with Crippen molar-refractivity contribution in [2.45, 2.75) is 13.5 Å². The largest absolute Gasteiger partial charge is 0.454 e. The minimum atomic E-state index is -0.153. The van der Waals surface area contributed by atoms with Crippen molar-refractivity contribution in [2.24, 2.45) is 0 Å². The van der Waals surface area contributed by atoms with Crippen molar-refractivity contribution in [3.05, 3.63) is 77.7 Å². The molecule has 7 nitrogen and oxygen atoms in total. The fourth-order valence-corrected chi connectivity index (χ4v) is 3.46. The van der Waals surface area contributed by atoms with E-state index in [9.17, 15) is 4.79 Å². The number of carbonyl (C=O) groups is 1.